The third-order valence-electron chi connectivity index (χ3n) is 4.68. The molecule has 0 aliphatic carbocycles. The van der Waals surface area contributed by atoms with E-state index in [1.54, 1.807) is 20.4 Å². The Bertz CT molecular complexity index is 1290. The zero-order valence-electron chi connectivity index (χ0n) is 15.4. The van der Waals surface area contributed by atoms with Gasteiger partial charge in [0.05, 0.1) is 25.3 Å². The van der Waals surface area contributed by atoms with Gasteiger partial charge in [-0.3, -0.25) is 4.40 Å². The van der Waals surface area contributed by atoms with Gasteiger partial charge in [0.25, 0.3) is 0 Å². The number of hydrogen-bond donors (Lipinski definition) is 1. The second kappa shape index (κ2) is 6.38. The summed E-state index contributed by atoms with van der Waals surface area (Å²) >= 11 is 0. The van der Waals surface area contributed by atoms with E-state index in [2.05, 4.69) is 9.97 Å². The maximum Gasteiger partial charge on any atom is 0.234 e. The molecule has 0 unspecified atom stereocenters. The van der Waals surface area contributed by atoms with Crippen LogP contribution in [0, 0.1) is 0 Å². The van der Waals surface area contributed by atoms with Crippen molar-refractivity contribution in [2.45, 2.75) is 0 Å². The largest absolute Gasteiger partial charge is 0.497 e. The Kier molecular flexibility index (Phi) is 3.72. The molecule has 1 N–H and O–H groups in total. The molecule has 2 aromatic carbocycles. The molecule has 0 bridgehead atoms. The Labute approximate surface area is 160 Å². The first-order valence-corrected chi connectivity index (χ1v) is 8.78. The lowest BCUT2D eigenvalue weighted by molar-refractivity contribution is 0.415. The first-order chi connectivity index (χ1) is 13.8. The van der Waals surface area contributed by atoms with Gasteiger partial charge < -0.3 is 14.5 Å². The maximum absolute atomic E-state index is 5.32. The second-order valence-corrected chi connectivity index (χ2v) is 6.30. The average Bonchev–Trinajstić information content (AvgIpc) is 3.34. The van der Waals surface area contributed by atoms with Gasteiger partial charge in [0.2, 0.25) is 5.78 Å². The molecule has 3 heterocycles. The van der Waals surface area contributed by atoms with Gasteiger partial charge in [-0.05, 0) is 42.5 Å². The molecule has 0 saturated heterocycles. The van der Waals surface area contributed by atoms with Crippen molar-refractivity contribution in [1.29, 1.82) is 0 Å². The van der Waals surface area contributed by atoms with Crippen molar-refractivity contribution in [1.82, 2.24) is 24.3 Å². The molecule has 0 radical (unpaired) electrons. The SMILES string of the molecule is COc1ccc(-c2nc3ncccn3c2-c2nc3ccc(OC)cc3[nH]2)cc1. The predicted octanol–water partition coefficient (Wildman–Crippen LogP) is 3.96. The highest BCUT2D eigenvalue weighted by molar-refractivity contribution is 5.85. The summed E-state index contributed by atoms with van der Waals surface area (Å²) in [6.45, 7) is 0. The molecule has 0 amide bonds. The molecular weight excluding hydrogens is 354 g/mol. The van der Waals surface area contributed by atoms with Gasteiger partial charge in [-0.25, -0.2) is 15.0 Å². The Hall–Kier alpha value is -3.87. The van der Waals surface area contributed by atoms with Crippen molar-refractivity contribution >= 4 is 16.8 Å². The van der Waals surface area contributed by atoms with Gasteiger partial charge in [-0.1, -0.05) is 0 Å². The fourth-order valence-electron chi connectivity index (χ4n) is 3.29. The van der Waals surface area contributed by atoms with Crippen LogP contribution < -0.4 is 9.47 Å². The van der Waals surface area contributed by atoms with Crippen LogP contribution >= 0.6 is 0 Å². The fraction of sp³-hybridized carbons (Fsp3) is 0.0952. The molecular formula is C21H17N5O2. The molecule has 3 aromatic heterocycles. The van der Waals surface area contributed by atoms with E-state index < -0.39 is 0 Å². The molecule has 0 aliphatic heterocycles. The number of nitrogens with one attached hydrogen (secondary N) is 1. The van der Waals surface area contributed by atoms with E-state index in [1.807, 2.05) is 59.1 Å². The quantitative estimate of drug-likeness (QED) is 0.517. The topological polar surface area (TPSA) is 77.3 Å². The number of nitrogens with zero attached hydrogens (tertiary/aromatic N) is 4. The summed E-state index contributed by atoms with van der Waals surface area (Å²) in [6, 6.07) is 15.4. The molecule has 5 rings (SSSR count). The van der Waals surface area contributed by atoms with Gasteiger partial charge in [0.15, 0.2) is 5.82 Å². The summed E-state index contributed by atoms with van der Waals surface area (Å²) in [5, 5.41) is 0. The van der Waals surface area contributed by atoms with Crippen LogP contribution in [0.5, 0.6) is 11.5 Å². The number of aromatic nitrogens is 5. The third kappa shape index (κ3) is 2.56. The second-order valence-electron chi connectivity index (χ2n) is 6.30. The van der Waals surface area contributed by atoms with Gasteiger partial charge in [0, 0.05) is 24.0 Å². The van der Waals surface area contributed by atoms with E-state index in [0.29, 0.717) is 5.78 Å². The average molecular weight is 371 g/mol. The third-order valence-corrected chi connectivity index (χ3v) is 4.68. The normalized spacial score (nSPS) is 11.2. The lowest BCUT2D eigenvalue weighted by atomic mass is 10.1. The molecule has 5 aromatic rings. The van der Waals surface area contributed by atoms with Crippen molar-refractivity contribution in [3.8, 4) is 34.3 Å². The van der Waals surface area contributed by atoms with Gasteiger partial charge in [-0.15, -0.1) is 0 Å². The van der Waals surface area contributed by atoms with Crippen molar-refractivity contribution in [3.63, 3.8) is 0 Å². The Morgan fingerprint density at radius 2 is 1.71 bits per heavy atom. The summed E-state index contributed by atoms with van der Waals surface area (Å²) in [7, 11) is 3.30. The van der Waals surface area contributed by atoms with E-state index in [1.165, 1.54) is 0 Å². The molecule has 28 heavy (non-hydrogen) atoms. The molecule has 138 valence electrons. The van der Waals surface area contributed by atoms with E-state index in [-0.39, 0.29) is 0 Å². The zero-order chi connectivity index (χ0) is 19.1. The highest BCUT2D eigenvalue weighted by Gasteiger charge is 2.19. The summed E-state index contributed by atoms with van der Waals surface area (Å²) in [4.78, 5) is 17.3. The number of hydrogen-bond acceptors (Lipinski definition) is 5. The number of rotatable bonds is 4. The van der Waals surface area contributed by atoms with Gasteiger partial charge in [0.1, 0.15) is 22.9 Å². The maximum atomic E-state index is 5.32. The van der Waals surface area contributed by atoms with Crippen molar-refractivity contribution in [2.24, 2.45) is 0 Å². The number of fused-ring (bicyclic) bond motifs is 2. The van der Waals surface area contributed by atoms with Gasteiger partial charge in [-0.2, -0.15) is 0 Å². The summed E-state index contributed by atoms with van der Waals surface area (Å²) < 4.78 is 12.5. The summed E-state index contributed by atoms with van der Waals surface area (Å²) in [5.74, 6) is 2.90. The molecule has 0 spiro atoms. The standard InChI is InChI=1S/C21H17N5O2/c1-27-14-6-4-13(5-7-14)18-19(26-11-3-10-22-21(26)25-18)20-23-16-9-8-15(28-2)12-17(16)24-20/h3-12H,1-2H3,(H,23,24). The van der Waals surface area contributed by atoms with Gasteiger partial charge >= 0.3 is 0 Å². The molecule has 7 heteroatoms. The van der Waals surface area contributed by atoms with Crippen LogP contribution in [0.1, 0.15) is 0 Å². The fourth-order valence-corrected chi connectivity index (χ4v) is 3.29. The van der Waals surface area contributed by atoms with Crippen LogP contribution in [0.25, 0.3) is 39.6 Å². The van der Waals surface area contributed by atoms with Crippen LogP contribution in [0.2, 0.25) is 0 Å². The van der Waals surface area contributed by atoms with Crippen LogP contribution in [-0.4, -0.2) is 38.6 Å². The number of ether oxygens (including phenoxy) is 2. The van der Waals surface area contributed by atoms with Crippen molar-refractivity contribution in [2.75, 3.05) is 14.2 Å². The highest BCUT2D eigenvalue weighted by atomic mass is 16.5. The first kappa shape index (κ1) is 16.3. The van der Waals surface area contributed by atoms with Crippen molar-refractivity contribution in [3.05, 3.63) is 60.9 Å². The Morgan fingerprint density at radius 1 is 0.929 bits per heavy atom. The minimum Gasteiger partial charge on any atom is -0.497 e. The van der Waals surface area contributed by atoms with E-state index in [0.717, 1.165) is 45.3 Å². The lowest BCUT2D eigenvalue weighted by Crippen LogP contribution is -1.92. The number of aromatic amines is 1. The number of benzene rings is 2. The molecule has 0 atom stereocenters. The van der Waals surface area contributed by atoms with Crippen LogP contribution in [-0.2, 0) is 0 Å². The summed E-state index contributed by atoms with van der Waals surface area (Å²) in [5.41, 5.74) is 4.36. The number of H-pyrrole nitrogens is 1. The van der Waals surface area contributed by atoms with Crippen LogP contribution in [0.15, 0.2) is 60.9 Å². The van der Waals surface area contributed by atoms with E-state index >= 15 is 0 Å². The molecule has 0 fully saturated rings. The predicted molar refractivity (Wildman–Crippen MR) is 107 cm³/mol. The van der Waals surface area contributed by atoms with E-state index in [9.17, 15) is 0 Å². The van der Waals surface area contributed by atoms with Crippen LogP contribution in [0.4, 0.5) is 0 Å². The minimum absolute atomic E-state index is 0.612. The Balaban J connectivity index is 1.75. The first-order valence-electron chi connectivity index (χ1n) is 8.78. The lowest BCUT2D eigenvalue weighted by Gasteiger charge is -2.04. The van der Waals surface area contributed by atoms with Crippen LogP contribution in [0.3, 0.4) is 0 Å². The zero-order valence-corrected chi connectivity index (χ0v) is 15.4. The van der Waals surface area contributed by atoms with E-state index in [4.69, 9.17) is 19.4 Å². The van der Waals surface area contributed by atoms with Crippen molar-refractivity contribution < 1.29 is 9.47 Å². The molecule has 0 saturated carbocycles. The highest BCUT2D eigenvalue weighted by Crippen LogP contribution is 2.33. The summed E-state index contributed by atoms with van der Waals surface area (Å²) in [6.07, 6.45) is 3.67. The minimum atomic E-state index is 0.612. The molecule has 7 nitrogen and oxygen atoms in total. The number of imidazole rings is 2. The molecule has 0 aliphatic rings. The smallest absolute Gasteiger partial charge is 0.234 e. The Morgan fingerprint density at radius 3 is 2.50 bits per heavy atom. The number of methoxy groups -OCH3 is 2. The monoisotopic (exact) mass is 371 g/mol.